The van der Waals surface area contributed by atoms with Gasteiger partial charge in [-0.1, -0.05) is 0 Å². The van der Waals surface area contributed by atoms with E-state index in [4.69, 9.17) is 19.9 Å². The molecule has 3 heterocycles. The van der Waals surface area contributed by atoms with Crippen molar-refractivity contribution >= 4 is 25.2 Å². The molecule has 1 saturated heterocycles. The van der Waals surface area contributed by atoms with E-state index in [1.54, 1.807) is 10.9 Å². The first-order valence-electron chi connectivity index (χ1n) is 6.09. The quantitative estimate of drug-likeness (QED) is 0.781. The van der Waals surface area contributed by atoms with Crippen LogP contribution in [0.3, 0.4) is 0 Å². The molecule has 108 valence electrons. The third-order valence-corrected chi connectivity index (χ3v) is 3.59. The Balaban J connectivity index is 1.76. The minimum absolute atomic E-state index is 0.106. The topological polar surface area (TPSA) is 125 Å². The number of anilines is 1. The lowest BCUT2D eigenvalue weighted by Gasteiger charge is -2.14. The molecule has 3 atom stereocenters. The number of hydrogen-bond donors (Lipinski definition) is 2. The average Bonchev–Trinajstić information content (AvgIpc) is 3.02. The zero-order chi connectivity index (χ0) is 14.1. The molecule has 0 spiro atoms. The van der Waals surface area contributed by atoms with E-state index in [2.05, 4.69) is 15.0 Å². The summed E-state index contributed by atoms with van der Waals surface area (Å²) < 4.78 is 22.8. The third kappa shape index (κ3) is 2.53. The molecule has 10 heteroatoms. The Morgan fingerprint density at radius 3 is 3.15 bits per heavy atom. The Hall–Kier alpha value is -1.54. The van der Waals surface area contributed by atoms with Gasteiger partial charge in [0.05, 0.1) is 19.0 Å². The summed E-state index contributed by atoms with van der Waals surface area (Å²) in [6.07, 6.45) is 4.03. The number of ether oxygens (including phenoxy) is 1. The van der Waals surface area contributed by atoms with Crippen molar-refractivity contribution in [3.8, 4) is 0 Å². The van der Waals surface area contributed by atoms with E-state index in [0.717, 1.165) is 12.8 Å². The molecule has 2 aromatic rings. The van der Waals surface area contributed by atoms with Crippen LogP contribution in [0.1, 0.15) is 19.1 Å². The van der Waals surface area contributed by atoms with E-state index < -0.39 is 8.25 Å². The van der Waals surface area contributed by atoms with Gasteiger partial charge in [-0.05, 0) is 12.8 Å². The minimum Gasteiger partial charge on any atom is -0.382 e. The third-order valence-electron chi connectivity index (χ3n) is 3.18. The molecule has 1 aliphatic heterocycles. The first kappa shape index (κ1) is 13.4. The van der Waals surface area contributed by atoms with E-state index in [1.165, 1.54) is 6.33 Å². The van der Waals surface area contributed by atoms with Crippen molar-refractivity contribution in [3.05, 3.63) is 12.7 Å². The standard InChI is InChI=1S/C10H14N5O4P/c11-9-8-10(13-4-12-9)15(5-14-8)7-2-1-6(19-7)3-18-20(16)17/h4-7,20H,1-3H2,(H,16,17)(H2,11,12,13)/t6-,7+/m1/s1. The van der Waals surface area contributed by atoms with Crippen LogP contribution in [0.15, 0.2) is 12.7 Å². The molecule has 3 rings (SSSR count). The van der Waals surface area contributed by atoms with Gasteiger partial charge in [0.1, 0.15) is 18.1 Å². The molecule has 1 fully saturated rings. The summed E-state index contributed by atoms with van der Waals surface area (Å²) in [7, 11) is -2.92. The molecule has 1 unspecified atom stereocenters. The van der Waals surface area contributed by atoms with E-state index in [0.29, 0.717) is 17.0 Å². The number of hydrogen-bond acceptors (Lipinski definition) is 7. The molecule has 0 saturated carbocycles. The zero-order valence-corrected chi connectivity index (χ0v) is 11.5. The van der Waals surface area contributed by atoms with Crippen molar-refractivity contribution in [1.29, 1.82) is 0 Å². The normalized spacial score (nSPS) is 24.2. The maximum absolute atomic E-state index is 10.5. The van der Waals surface area contributed by atoms with E-state index in [1.807, 2.05) is 0 Å². The molecule has 20 heavy (non-hydrogen) atoms. The van der Waals surface area contributed by atoms with Gasteiger partial charge in [-0.2, -0.15) is 0 Å². The molecule has 0 amide bonds. The minimum atomic E-state index is -2.92. The van der Waals surface area contributed by atoms with Crippen LogP contribution >= 0.6 is 8.25 Å². The molecule has 2 aromatic heterocycles. The lowest BCUT2D eigenvalue weighted by Crippen LogP contribution is -2.15. The maximum Gasteiger partial charge on any atom is 0.316 e. The van der Waals surface area contributed by atoms with E-state index in [9.17, 15) is 4.57 Å². The van der Waals surface area contributed by atoms with Gasteiger partial charge < -0.3 is 19.9 Å². The van der Waals surface area contributed by atoms with Crippen LogP contribution in [0.2, 0.25) is 0 Å². The second kappa shape index (κ2) is 5.45. The van der Waals surface area contributed by atoms with Gasteiger partial charge in [0, 0.05) is 0 Å². The second-order valence-electron chi connectivity index (χ2n) is 4.45. The fraction of sp³-hybridized carbons (Fsp3) is 0.500. The van der Waals surface area contributed by atoms with Crippen LogP contribution in [0.25, 0.3) is 11.2 Å². The summed E-state index contributed by atoms with van der Waals surface area (Å²) in [4.78, 5) is 20.9. The van der Waals surface area contributed by atoms with Crippen LogP contribution in [0, 0.1) is 0 Å². The number of nitrogens with zero attached hydrogens (tertiary/aromatic N) is 4. The SMILES string of the molecule is Nc1ncnc2c1ncn2[C@@H]1CC[C@H](CO[PH](=O)O)O1. The first-order chi connectivity index (χ1) is 9.65. The summed E-state index contributed by atoms with van der Waals surface area (Å²) in [6.45, 7) is 0.106. The highest BCUT2D eigenvalue weighted by atomic mass is 31.1. The van der Waals surface area contributed by atoms with Gasteiger partial charge in [0.15, 0.2) is 11.5 Å². The van der Waals surface area contributed by atoms with Gasteiger partial charge in [0.25, 0.3) is 0 Å². The molecule has 0 aromatic carbocycles. The Morgan fingerprint density at radius 2 is 2.35 bits per heavy atom. The largest absolute Gasteiger partial charge is 0.382 e. The Bertz CT molecular complexity index is 648. The lowest BCUT2D eigenvalue weighted by molar-refractivity contribution is -0.0162. The summed E-state index contributed by atoms with van der Waals surface area (Å²) in [5.74, 6) is 0.325. The fourth-order valence-corrected chi connectivity index (χ4v) is 2.59. The van der Waals surface area contributed by atoms with Gasteiger partial charge >= 0.3 is 8.25 Å². The van der Waals surface area contributed by atoms with Crippen LogP contribution in [-0.2, 0) is 13.8 Å². The van der Waals surface area contributed by atoms with Crippen molar-refractivity contribution in [1.82, 2.24) is 19.5 Å². The molecule has 0 bridgehead atoms. The van der Waals surface area contributed by atoms with Crippen molar-refractivity contribution < 1.29 is 18.7 Å². The smallest absolute Gasteiger partial charge is 0.316 e. The molecule has 0 aliphatic carbocycles. The second-order valence-corrected chi connectivity index (χ2v) is 5.27. The van der Waals surface area contributed by atoms with Gasteiger partial charge in [-0.3, -0.25) is 9.13 Å². The number of imidazole rings is 1. The molecule has 1 aliphatic rings. The number of nitrogens with two attached hydrogens (primary N) is 1. The highest BCUT2D eigenvalue weighted by Gasteiger charge is 2.28. The number of nitrogen functional groups attached to an aromatic ring is 1. The Kier molecular flexibility index (Phi) is 3.66. The van der Waals surface area contributed by atoms with E-state index >= 15 is 0 Å². The molecular formula is C10H14N5O4P. The summed E-state index contributed by atoms with van der Waals surface area (Å²) >= 11 is 0. The maximum atomic E-state index is 10.5. The van der Waals surface area contributed by atoms with Crippen LogP contribution in [0.4, 0.5) is 5.82 Å². The predicted octanol–water partition coefficient (Wildman–Crippen LogP) is 0.485. The van der Waals surface area contributed by atoms with Gasteiger partial charge in [-0.25, -0.2) is 15.0 Å². The fourth-order valence-electron chi connectivity index (χ4n) is 2.26. The molecule has 9 nitrogen and oxygen atoms in total. The zero-order valence-electron chi connectivity index (χ0n) is 10.5. The summed E-state index contributed by atoms with van der Waals surface area (Å²) in [5, 5.41) is 0. The highest BCUT2D eigenvalue weighted by molar-refractivity contribution is 7.32. The van der Waals surface area contributed by atoms with Gasteiger partial charge in [-0.15, -0.1) is 0 Å². The average molecular weight is 299 g/mol. The Labute approximate surface area is 114 Å². The highest BCUT2D eigenvalue weighted by Crippen LogP contribution is 2.32. The molecule has 3 N–H and O–H groups in total. The van der Waals surface area contributed by atoms with Crippen molar-refractivity contribution in [2.24, 2.45) is 0 Å². The summed E-state index contributed by atoms with van der Waals surface area (Å²) in [5.41, 5.74) is 6.88. The van der Waals surface area contributed by atoms with Crippen molar-refractivity contribution in [2.45, 2.75) is 25.2 Å². The van der Waals surface area contributed by atoms with Crippen molar-refractivity contribution in [3.63, 3.8) is 0 Å². The molecule has 0 radical (unpaired) electrons. The lowest BCUT2D eigenvalue weighted by atomic mass is 10.2. The molecular weight excluding hydrogens is 285 g/mol. The van der Waals surface area contributed by atoms with E-state index in [-0.39, 0.29) is 18.9 Å². The predicted molar refractivity (Wildman–Crippen MR) is 70.1 cm³/mol. The number of aromatic nitrogens is 4. The summed E-state index contributed by atoms with van der Waals surface area (Å²) in [6, 6.07) is 0. The van der Waals surface area contributed by atoms with Crippen LogP contribution in [-0.4, -0.2) is 37.1 Å². The first-order valence-corrected chi connectivity index (χ1v) is 7.35. The number of fused-ring (bicyclic) bond motifs is 1. The van der Waals surface area contributed by atoms with Crippen LogP contribution < -0.4 is 5.73 Å². The van der Waals surface area contributed by atoms with Crippen LogP contribution in [0.5, 0.6) is 0 Å². The van der Waals surface area contributed by atoms with Gasteiger partial charge in [0.2, 0.25) is 0 Å². The number of rotatable bonds is 4. The van der Waals surface area contributed by atoms with Crippen molar-refractivity contribution in [2.75, 3.05) is 12.3 Å². The Morgan fingerprint density at radius 1 is 1.50 bits per heavy atom. The monoisotopic (exact) mass is 299 g/mol.